The van der Waals surface area contributed by atoms with E-state index in [1.807, 2.05) is 26.0 Å². The van der Waals surface area contributed by atoms with Gasteiger partial charge < -0.3 is 20.4 Å². The van der Waals surface area contributed by atoms with Crippen LogP contribution < -0.4 is 5.32 Å². The summed E-state index contributed by atoms with van der Waals surface area (Å²) in [6, 6.07) is 6.59. The number of carbonyl (C=O) groups is 2. The Bertz CT molecular complexity index is 558. The van der Waals surface area contributed by atoms with E-state index in [1.165, 1.54) is 0 Å². The number of benzene rings is 1. The Morgan fingerprint density at radius 1 is 1.30 bits per heavy atom. The zero-order valence-corrected chi connectivity index (χ0v) is 13.5. The van der Waals surface area contributed by atoms with Crippen molar-refractivity contribution in [3.63, 3.8) is 0 Å². The lowest BCUT2D eigenvalue weighted by Crippen LogP contribution is -2.51. The summed E-state index contributed by atoms with van der Waals surface area (Å²) in [6.45, 7) is 4.72. The number of piperidine rings is 1. The molecule has 6 nitrogen and oxygen atoms in total. The number of urea groups is 1. The van der Waals surface area contributed by atoms with Crippen LogP contribution in [0.1, 0.15) is 25.8 Å². The maximum Gasteiger partial charge on any atom is 0.317 e. The van der Waals surface area contributed by atoms with Gasteiger partial charge in [0.2, 0.25) is 0 Å². The number of aliphatic carboxylic acids is 1. The maximum absolute atomic E-state index is 12.3. The van der Waals surface area contributed by atoms with E-state index in [4.69, 9.17) is 0 Å². The quantitative estimate of drug-likeness (QED) is 0.792. The number of aromatic hydroxyl groups is 1. The third-order valence-electron chi connectivity index (χ3n) is 4.14. The van der Waals surface area contributed by atoms with Gasteiger partial charge in [-0.15, -0.1) is 0 Å². The molecule has 0 aliphatic carbocycles. The molecule has 1 saturated heterocycles. The van der Waals surface area contributed by atoms with Crippen LogP contribution in [-0.2, 0) is 11.2 Å². The molecule has 23 heavy (non-hydrogen) atoms. The number of hydrogen-bond donors (Lipinski definition) is 3. The number of hydrogen-bond acceptors (Lipinski definition) is 3. The van der Waals surface area contributed by atoms with E-state index < -0.39 is 11.9 Å². The van der Waals surface area contributed by atoms with Gasteiger partial charge in [0.25, 0.3) is 0 Å². The first-order valence-electron chi connectivity index (χ1n) is 7.91. The number of nitrogens with one attached hydrogen (secondary N) is 1. The van der Waals surface area contributed by atoms with Crippen LogP contribution in [-0.4, -0.2) is 46.2 Å². The van der Waals surface area contributed by atoms with Crippen molar-refractivity contribution in [3.05, 3.63) is 29.8 Å². The highest BCUT2D eigenvalue weighted by molar-refractivity contribution is 5.76. The predicted octanol–water partition coefficient (Wildman–Crippen LogP) is 2.08. The predicted molar refractivity (Wildman–Crippen MR) is 86.3 cm³/mol. The largest absolute Gasteiger partial charge is 0.508 e. The molecule has 0 spiro atoms. The minimum Gasteiger partial charge on any atom is -0.508 e. The van der Waals surface area contributed by atoms with Crippen molar-refractivity contribution in [2.24, 2.45) is 11.8 Å². The molecule has 3 N–H and O–H groups in total. The summed E-state index contributed by atoms with van der Waals surface area (Å²) in [5, 5.41) is 21.4. The number of carboxylic acid groups (broad SMARTS) is 1. The van der Waals surface area contributed by atoms with Gasteiger partial charge in [-0.3, -0.25) is 4.79 Å². The molecule has 126 valence electrons. The van der Waals surface area contributed by atoms with Crippen molar-refractivity contribution >= 4 is 12.0 Å². The number of rotatable bonds is 4. The van der Waals surface area contributed by atoms with E-state index in [2.05, 4.69) is 5.32 Å². The van der Waals surface area contributed by atoms with Crippen LogP contribution in [0.15, 0.2) is 24.3 Å². The van der Waals surface area contributed by atoms with E-state index in [1.54, 1.807) is 17.0 Å². The number of carboxylic acids is 1. The Balaban J connectivity index is 1.89. The summed E-state index contributed by atoms with van der Waals surface area (Å²) >= 11 is 0. The number of phenolic OH excluding ortho intramolecular Hbond substituents is 1. The Labute approximate surface area is 136 Å². The van der Waals surface area contributed by atoms with Gasteiger partial charge in [-0.2, -0.15) is 0 Å². The average Bonchev–Trinajstić information content (AvgIpc) is 2.48. The number of phenols is 1. The molecule has 2 amide bonds. The SMILES string of the molecule is CC1CC(C(=O)O)CN(C(=O)NC(C)Cc2ccc(O)cc2)C1. The third kappa shape index (κ3) is 4.87. The first kappa shape index (κ1) is 17.1. The Morgan fingerprint density at radius 2 is 1.96 bits per heavy atom. The second-order valence-corrected chi connectivity index (χ2v) is 6.50. The van der Waals surface area contributed by atoms with Crippen LogP contribution in [0.4, 0.5) is 4.79 Å². The lowest BCUT2D eigenvalue weighted by atomic mass is 9.91. The first-order valence-corrected chi connectivity index (χ1v) is 7.91. The highest BCUT2D eigenvalue weighted by Crippen LogP contribution is 2.22. The average molecular weight is 320 g/mol. The molecule has 3 unspecified atom stereocenters. The topological polar surface area (TPSA) is 89.9 Å². The molecule has 1 aliphatic heterocycles. The van der Waals surface area contributed by atoms with Crippen LogP contribution in [0.3, 0.4) is 0 Å². The molecule has 2 rings (SSSR count). The van der Waals surface area contributed by atoms with Crippen LogP contribution in [0.25, 0.3) is 0 Å². The summed E-state index contributed by atoms with van der Waals surface area (Å²) in [5.74, 6) is -0.932. The van der Waals surface area contributed by atoms with Crippen LogP contribution in [0, 0.1) is 11.8 Å². The molecule has 6 heteroatoms. The molecule has 1 aromatic rings. The van der Waals surface area contributed by atoms with Crippen molar-refractivity contribution in [3.8, 4) is 5.75 Å². The Hall–Kier alpha value is -2.24. The molecule has 3 atom stereocenters. The molecule has 1 aromatic carbocycles. The minimum absolute atomic E-state index is 0.0763. The fourth-order valence-corrected chi connectivity index (χ4v) is 3.03. The van der Waals surface area contributed by atoms with E-state index in [0.717, 1.165) is 5.56 Å². The van der Waals surface area contributed by atoms with Crippen LogP contribution in [0.5, 0.6) is 5.75 Å². The van der Waals surface area contributed by atoms with Gasteiger partial charge >= 0.3 is 12.0 Å². The van der Waals surface area contributed by atoms with Crippen LogP contribution >= 0.6 is 0 Å². The lowest BCUT2D eigenvalue weighted by molar-refractivity contribution is -0.143. The number of nitrogens with zero attached hydrogens (tertiary/aromatic N) is 1. The third-order valence-corrected chi connectivity index (χ3v) is 4.14. The van der Waals surface area contributed by atoms with Gasteiger partial charge in [0.05, 0.1) is 5.92 Å². The van der Waals surface area contributed by atoms with Crippen molar-refractivity contribution < 1.29 is 19.8 Å². The maximum atomic E-state index is 12.3. The van der Waals surface area contributed by atoms with Crippen molar-refractivity contribution in [2.45, 2.75) is 32.7 Å². The first-order chi connectivity index (χ1) is 10.8. The molecule has 1 heterocycles. The summed E-state index contributed by atoms with van der Waals surface area (Å²) in [6.07, 6.45) is 1.26. The normalized spacial score (nSPS) is 22.4. The van der Waals surface area contributed by atoms with Gasteiger partial charge in [-0.1, -0.05) is 19.1 Å². The fourth-order valence-electron chi connectivity index (χ4n) is 3.03. The molecular formula is C17H24N2O4. The van der Waals surface area contributed by atoms with Crippen molar-refractivity contribution in [1.29, 1.82) is 0 Å². The second-order valence-electron chi connectivity index (χ2n) is 6.50. The number of amides is 2. The van der Waals surface area contributed by atoms with Crippen molar-refractivity contribution in [1.82, 2.24) is 10.2 Å². The fraction of sp³-hybridized carbons (Fsp3) is 0.529. The molecule has 0 radical (unpaired) electrons. The number of likely N-dealkylation sites (tertiary alicyclic amines) is 1. The van der Waals surface area contributed by atoms with Gasteiger partial charge in [0, 0.05) is 19.1 Å². The number of carbonyl (C=O) groups excluding carboxylic acids is 1. The second kappa shape index (κ2) is 7.35. The van der Waals surface area contributed by atoms with Gasteiger partial charge in [-0.25, -0.2) is 4.79 Å². The molecule has 1 fully saturated rings. The van der Waals surface area contributed by atoms with Gasteiger partial charge in [0.15, 0.2) is 0 Å². The molecular weight excluding hydrogens is 296 g/mol. The summed E-state index contributed by atoms with van der Waals surface area (Å²) in [5.41, 5.74) is 1.02. The Morgan fingerprint density at radius 3 is 2.57 bits per heavy atom. The van der Waals surface area contributed by atoms with E-state index in [0.29, 0.717) is 19.4 Å². The monoisotopic (exact) mass is 320 g/mol. The highest BCUT2D eigenvalue weighted by atomic mass is 16.4. The molecule has 0 aromatic heterocycles. The lowest BCUT2D eigenvalue weighted by Gasteiger charge is -2.35. The molecule has 0 saturated carbocycles. The summed E-state index contributed by atoms with van der Waals surface area (Å²) in [4.78, 5) is 25.1. The molecule has 0 bridgehead atoms. The highest BCUT2D eigenvalue weighted by Gasteiger charge is 2.32. The van der Waals surface area contributed by atoms with Gasteiger partial charge in [0.1, 0.15) is 5.75 Å². The van der Waals surface area contributed by atoms with Crippen molar-refractivity contribution in [2.75, 3.05) is 13.1 Å². The standard InChI is InChI=1S/C17H24N2O4/c1-11-7-14(16(21)22)10-19(9-11)17(23)18-12(2)8-13-3-5-15(20)6-4-13/h3-6,11-12,14,20H,7-10H2,1-2H3,(H,18,23)(H,21,22). The Kier molecular flexibility index (Phi) is 5.47. The van der Waals surface area contributed by atoms with E-state index in [9.17, 15) is 19.8 Å². The summed E-state index contributed by atoms with van der Waals surface area (Å²) < 4.78 is 0. The zero-order chi connectivity index (χ0) is 17.0. The zero-order valence-electron chi connectivity index (χ0n) is 13.5. The van der Waals surface area contributed by atoms with E-state index >= 15 is 0 Å². The van der Waals surface area contributed by atoms with Crippen LogP contribution in [0.2, 0.25) is 0 Å². The minimum atomic E-state index is -0.841. The van der Waals surface area contributed by atoms with Gasteiger partial charge in [-0.05, 0) is 43.4 Å². The smallest absolute Gasteiger partial charge is 0.317 e. The van der Waals surface area contributed by atoms with E-state index in [-0.39, 0.29) is 30.3 Å². The molecule has 1 aliphatic rings. The summed E-state index contributed by atoms with van der Waals surface area (Å²) in [7, 11) is 0.